The number of thiazole rings is 1. The molecule has 0 bridgehead atoms. The third kappa shape index (κ3) is 3.86. The first-order chi connectivity index (χ1) is 16.7. The van der Waals surface area contributed by atoms with E-state index in [1.54, 1.807) is 43.5 Å². The molecule has 2 aromatic carbocycles. The highest BCUT2D eigenvalue weighted by molar-refractivity contribution is 8.00. The summed E-state index contributed by atoms with van der Waals surface area (Å²) in [4.78, 5) is 54.3. The number of benzene rings is 2. The third-order valence-electron chi connectivity index (χ3n) is 6.39. The standard InChI is InChI=1S/C25H23N3O5S2/c1-25(2)18-19(22(31)28(21(18)30)15-9-11-16(33-3)12-10-15)34-23-20(25)35-24(32)27(23)13-17(29)26-14-7-5-4-6-8-14/h4-12,18-19H,13H2,1-3H3,(H,26,29)/t18-,19+/m1/s1. The number of hydrogen-bond acceptors (Lipinski definition) is 7. The molecule has 2 aliphatic heterocycles. The highest BCUT2D eigenvalue weighted by atomic mass is 32.2. The molecule has 0 radical (unpaired) electrons. The summed E-state index contributed by atoms with van der Waals surface area (Å²) in [5, 5.41) is 2.68. The average Bonchev–Trinajstić information content (AvgIpc) is 3.29. The minimum Gasteiger partial charge on any atom is -0.497 e. The van der Waals surface area contributed by atoms with Crippen molar-refractivity contribution in [2.45, 2.75) is 36.1 Å². The van der Waals surface area contributed by atoms with E-state index in [2.05, 4.69) is 5.32 Å². The predicted octanol–water partition coefficient (Wildman–Crippen LogP) is 3.50. The fraction of sp³-hybridized carbons (Fsp3) is 0.280. The first kappa shape index (κ1) is 23.4. The third-order valence-corrected chi connectivity index (χ3v) is 9.22. The normalized spacial score (nSPS) is 20.4. The highest BCUT2D eigenvalue weighted by Gasteiger charge is 2.59. The van der Waals surface area contributed by atoms with Crippen molar-refractivity contribution in [2.75, 3.05) is 17.3 Å². The minimum absolute atomic E-state index is 0.176. The van der Waals surface area contributed by atoms with Gasteiger partial charge in [-0.05, 0) is 36.4 Å². The van der Waals surface area contributed by atoms with Crippen molar-refractivity contribution in [3.8, 4) is 5.75 Å². The largest absolute Gasteiger partial charge is 0.497 e. The number of thioether (sulfide) groups is 1. The number of nitrogens with zero attached hydrogens (tertiary/aromatic N) is 2. The van der Waals surface area contributed by atoms with Crippen molar-refractivity contribution in [3.63, 3.8) is 0 Å². The summed E-state index contributed by atoms with van der Waals surface area (Å²) < 4.78 is 6.59. The van der Waals surface area contributed by atoms with Gasteiger partial charge in [-0.15, -0.1) is 0 Å². The molecule has 0 unspecified atom stereocenters. The Hall–Kier alpha value is -3.37. The molecule has 10 heteroatoms. The van der Waals surface area contributed by atoms with E-state index in [1.165, 1.54) is 21.2 Å². The number of hydrogen-bond donors (Lipinski definition) is 1. The molecule has 5 rings (SSSR count). The van der Waals surface area contributed by atoms with Gasteiger partial charge in [-0.3, -0.25) is 23.7 Å². The summed E-state index contributed by atoms with van der Waals surface area (Å²) >= 11 is 2.23. The first-order valence-electron chi connectivity index (χ1n) is 11.0. The van der Waals surface area contributed by atoms with Gasteiger partial charge in [0.1, 0.15) is 17.5 Å². The molecule has 0 spiro atoms. The second-order valence-electron chi connectivity index (χ2n) is 8.95. The number of methoxy groups -OCH3 is 1. The van der Waals surface area contributed by atoms with Crippen LogP contribution in [0.5, 0.6) is 5.75 Å². The smallest absolute Gasteiger partial charge is 0.308 e. The van der Waals surface area contributed by atoms with Crippen LogP contribution in [0, 0.1) is 5.92 Å². The first-order valence-corrected chi connectivity index (χ1v) is 12.7. The van der Waals surface area contributed by atoms with Gasteiger partial charge in [0.15, 0.2) is 0 Å². The van der Waals surface area contributed by atoms with Crippen LogP contribution in [0.3, 0.4) is 0 Å². The lowest BCUT2D eigenvalue weighted by atomic mass is 9.76. The van der Waals surface area contributed by atoms with E-state index in [0.29, 0.717) is 22.2 Å². The van der Waals surface area contributed by atoms with Gasteiger partial charge in [0, 0.05) is 16.0 Å². The maximum absolute atomic E-state index is 13.5. The number of rotatable bonds is 5. The summed E-state index contributed by atoms with van der Waals surface area (Å²) in [5.74, 6) is -0.956. The number of nitrogens with one attached hydrogen (secondary N) is 1. The molecule has 1 saturated heterocycles. The fourth-order valence-corrected chi connectivity index (χ4v) is 7.66. The number of imide groups is 1. The molecule has 3 heterocycles. The predicted molar refractivity (Wildman–Crippen MR) is 135 cm³/mol. The average molecular weight is 510 g/mol. The number of fused-ring (bicyclic) bond motifs is 2. The van der Waals surface area contributed by atoms with Gasteiger partial charge in [0.25, 0.3) is 0 Å². The molecular weight excluding hydrogens is 486 g/mol. The number of carbonyl (C=O) groups is 3. The van der Waals surface area contributed by atoms with E-state index in [-0.39, 0.29) is 29.1 Å². The monoisotopic (exact) mass is 509 g/mol. The van der Waals surface area contributed by atoms with Crippen molar-refractivity contribution in [2.24, 2.45) is 5.92 Å². The molecule has 180 valence electrons. The molecule has 2 aliphatic rings. The minimum atomic E-state index is -0.760. The van der Waals surface area contributed by atoms with Crippen molar-refractivity contribution < 1.29 is 19.1 Å². The molecule has 0 saturated carbocycles. The maximum atomic E-state index is 13.5. The van der Waals surface area contributed by atoms with Gasteiger partial charge in [0.2, 0.25) is 17.7 Å². The second kappa shape index (κ2) is 8.69. The Bertz CT molecular complexity index is 1380. The molecule has 3 amide bonds. The van der Waals surface area contributed by atoms with Gasteiger partial charge in [-0.25, -0.2) is 4.90 Å². The Balaban J connectivity index is 1.47. The summed E-state index contributed by atoms with van der Waals surface area (Å²) in [6.45, 7) is 3.59. The lowest BCUT2D eigenvalue weighted by Gasteiger charge is -2.36. The lowest BCUT2D eigenvalue weighted by Crippen LogP contribution is -2.41. The Labute approximate surface area is 209 Å². The van der Waals surface area contributed by atoms with E-state index in [1.807, 2.05) is 32.0 Å². The van der Waals surface area contributed by atoms with E-state index < -0.39 is 16.6 Å². The zero-order valence-corrected chi connectivity index (χ0v) is 20.9. The zero-order valence-electron chi connectivity index (χ0n) is 19.3. The Morgan fingerprint density at radius 2 is 1.71 bits per heavy atom. The van der Waals surface area contributed by atoms with Crippen LogP contribution in [-0.2, 0) is 26.3 Å². The van der Waals surface area contributed by atoms with E-state index >= 15 is 0 Å². The Morgan fingerprint density at radius 3 is 2.37 bits per heavy atom. The molecule has 8 nitrogen and oxygen atoms in total. The van der Waals surface area contributed by atoms with Crippen LogP contribution in [0.1, 0.15) is 18.7 Å². The summed E-state index contributed by atoms with van der Waals surface area (Å²) in [6.07, 6.45) is 0. The van der Waals surface area contributed by atoms with Gasteiger partial charge < -0.3 is 10.1 Å². The van der Waals surface area contributed by atoms with Crippen LogP contribution in [0.4, 0.5) is 11.4 Å². The molecule has 3 aromatic rings. The summed E-state index contributed by atoms with van der Waals surface area (Å²) in [7, 11) is 1.55. The van der Waals surface area contributed by atoms with Crippen LogP contribution in [-0.4, -0.2) is 34.6 Å². The second-order valence-corrected chi connectivity index (χ2v) is 11.0. The number of carbonyl (C=O) groups excluding carboxylic acids is 3. The van der Waals surface area contributed by atoms with E-state index in [4.69, 9.17) is 4.74 Å². The van der Waals surface area contributed by atoms with Gasteiger partial charge in [-0.2, -0.15) is 0 Å². The van der Waals surface area contributed by atoms with Crippen molar-refractivity contribution in [1.82, 2.24) is 4.57 Å². The van der Waals surface area contributed by atoms with E-state index in [0.717, 1.165) is 16.2 Å². The Kier molecular flexibility index (Phi) is 5.80. The fourth-order valence-electron chi connectivity index (χ4n) is 4.62. The number of ether oxygens (including phenoxy) is 1. The van der Waals surface area contributed by atoms with Crippen LogP contribution >= 0.6 is 23.1 Å². The molecule has 2 atom stereocenters. The number of anilines is 2. The topological polar surface area (TPSA) is 97.7 Å². The number of para-hydroxylation sites is 1. The molecule has 1 fully saturated rings. The van der Waals surface area contributed by atoms with Gasteiger partial charge >= 0.3 is 4.87 Å². The van der Waals surface area contributed by atoms with Crippen molar-refractivity contribution in [3.05, 3.63) is 69.1 Å². The lowest BCUT2D eigenvalue weighted by molar-refractivity contribution is -0.123. The van der Waals surface area contributed by atoms with Crippen LogP contribution in [0.15, 0.2) is 64.4 Å². The zero-order chi connectivity index (χ0) is 24.9. The van der Waals surface area contributed by atoms with Gasteiger partial charge in [0.05, 0.1) is 23.7 Å². The quantitative estimate of drug-likeness (QED) is 0.529. The van der Waals surface area contributed by atoms with Crippen molar-refractivity contribution in [1.29, 1.82) is 0 Å². The number of amides is 3. The highest BCUT2D eigenvalue weighted by Crippen LogP contribution is 2.54. The maximum Gasteiger partial charge on any atom is 0.308 e. The Morgan fingerprint density at radius 1 is 1.03 bits per heavy atom. The molecule has 1 N–H and O–H groups in total. The van der Waals surface area contributed by atoms with Crippen molar-refractivity contribution >= 4 is 52.2 Å². The summed E-state index contributed by atoms with van der Waals surface area (Å²) in [6, 6.07) is 15.8. The molecule has 1 aromatic heterocycles. The van der Waals surface area contributed by atoms with Gasteiger partial charge in [-0.1, -0.05) is 55.1 Å². The number of aromatic nitrogens is 1. The summed E-state index contributed by atoms with van der Waals surface area (Å²) in [5.41, 5.74) is 0.355. The van der Waals surface area contributed by atoms with Crippen LogP contribution in [0.2, 0.25) is 0 Å². The van der Waals surface area contributed by atoms with Crippen LogP contribution in [0.25, 0.3) is 0 Å². The molecule has 35 heavy (non-hydrogen) atoms. The molecular formula is C25H23N3O5S2. The van der Waals surface area contributed by atoms with Crippen LogP contribution < -0.4 is 19.8 Å². The molecule has 0 aliphatic carbocycles. The SMILES string of the molecule is COc1ccc(N2C(=O)[C@H]3Sc4c(sc(=O)n4CC(=O)Nc4ccccc4)C(C)(C)[C@H]3C2=O)cc1. The van der Waals surface area contributed by atoms with E-state index in [9.17, 15) is 19.2 Å².